The first-order valence-electron chi connectivity index (χ1n) is 8.79. The molecule has 0 aliphatic carbocycles. The van der Waals surface area contributed by atoms with Crippen molar-refractivity contribution in [1.82, 2.24) is 30.2 Å². The lowest BCUT2D eigenvalue weighted by atomic mass is 10.1. The Hall–Kier alpha value is -2.40. The van der Waals surface area contributed by atoms with Crippen LogP contribution in [-0.2, 0) is 6.18 Å². The molecule has 0 atom stereocenters. The molecule has 3 aromatic rings. The molecule has 1 saturated heterocycles. The smallest absolute Gasteiger partial charge is 0.342 e. The first-order valence-corrected chi connectivity index (χ1v) is 9.60. The van der Waals surface area contributed by atoms with Crippen molar-refractivity contribution in [3.05, 3.63) is 30.2 Å². The van der Waals surface area contributed by atoms with Crippen LogP contribution in [0.5, 0.6) is 0 Å². The van der Waals surface area contributed by atoms with Crippen LogP contribution in [0.2, 0.25) is 0 Å². The lowest BCUT2D eigenvalue weighted by Crippen LogP contribution is -2.41. The summed E-state index contributed by atoms with van der Waals surface area (Å²) in [5.74, 6) is 0.684. The maximum atomic E-state index is 13.1. The maximum Gasteiger partial charge on any atom is 0.434 e. The average molecular weight is 409 g/mol. The number of hydrogen-bond acceptors (Lipinski definition) is 7. The van der Waals surface area contributed by atoms with Gasteiger partial charge < -0.3 is 15.2 Å². The second-order valence-electron chi connectivity index (χ2n) is 6.44. The highest BCUT2D eigenvalue weighted by Crippen LogP contribution is 2.37. The minimum Gasteiger partial charge on any atom is -0.342 e. The molecule has 148 valence electrons. The van der Waals surface area contributed by atoms with E-state index in [0.717, 1.165) is 43.9 Å². The van der Waals surface area contributed by atoms with Gasteiger partial charge in [0.15, 0.2) is 17.0 Å². The van der Waals surface area contributed by atoms with Crippen LogP contribution in [0.3, 0.4) is 0 Å². The summed E-state index contributed by atoms with van der Waals surface area (Å²) in [5, 5.41) is 3.61. The second-order valence-corrected chi connectivity index (χ2v) is 7.50. The van der Waals surface area contributed by atoms with E-state index in [-0.39, 0.29) is 4.90 Å². The van der Waals surface area contributed by atoms with Crippen molar-refractivity contribution in [2.45, 2.75) is 35.0 Å². The molecule has 3 aromatic heterocycles. The monoisotopic (exact) mass is 409 g/mol. The maximum absolute atomic E-state index is 13.1. The Balaban J connectivity index is 1.56. The largest absolute Gasteiger partial charge is 0.434 e. The summed E-state index contributed by atoms with van der Waals surface area (Å²) < 4.78 is 39.4. The lowest BCUT2D eigenvalue weighted by Gasteiger charge is -2.31. The van der Waals surface area contributed by atoms with Gasteiger partial charge in [-0.3, -0.25) is 4.98 Å². The Labute approximate surface area is 163 Å². The van der Waals surface area contributed by atoms with Gasteiger partial charge in [0.05, 0.1) is 6.20 Å². The summed E-state index contributed by atoms with van der Waals surface area (Å²) in [6.07, 6.45) is 0.0574. The van der Waals surface area contributed by atoms with Gasteiger partial charge in [0, 0.05) is 30.2 Å². The van der Waals surface area contributed by atoms with Gasteiger partial charge in [-0.15, -0.1) is 0 Å². The SMILES string of the molecule is CNC1CCN(c2nc3nc(Sc4cccnc4C(F)(F)F)cnc3[nH]2)CC1. The average Bonchev–Trinajstić information content (AvgIpc) is 3.11. The third kappa shape index (κ3) is 3.90. The third-order valence-electron chi connectivity index (χ3n) is 4.63. The fourth-order valence-corrected chi connectivity index (χ4v) is 4.02. The molecule has 0 spiro atoms. The molecule has 0 saturated carbocycles. The van der Waals surface area contributed by atoms with E-state index in [0.29, 0.717) is 28.3 Å². The number of nitrogens with zero attached hydrogens (tertiary/aromatic N) is 5. The quantitative estimate of drug-likeness (QED) is 0.685. The first kappa shape index (κ1) is 18.9. The predicted molar refractivity (Wildman–Crippen MR) is 99.3 cm³/mol. The molecular weight excluding hydrogens is 391 g/mol. The fraction of sp³-hybridized carbons (Fsp3) is 0.412. The molecule has 11 heteroatoms. The number of aromatic nitrogens is 5. The Bertz CT molecular complexity index is 967. The van der Waals surface area contributed by atoms with E-state index < -0.39 is 11.9 Å². The first-order chi connectivity index (χ1) is 13.4. The molecular formula is C17H18F3N7S. The fourth-order valence-electron chi connectivity index (χ4n) is 3.14. The molecule has 4 rings (SSSR count). The summed E-state index contributed by atoms with van der Waals surface area (Å²) in [6, 6.07) is 3.33. The molecule has 4 heterocycles. The van der Waals surface area contributed by atoms with E-state index >= 15 is 0 Å². The highest BCUT2D eigenvalue weighted by molar-refractivity contribution is 7.99. The van der Waals surface area contributed by atoms with E-state index in [4.69, 9.17) is 0 Å². The molecule has 0 amide bonds. The van der Waals surface area contributed by atoms with Gasteiger partial charge in [0.25, 0.3) is 0 Å². The van der Waals surface area contributed by atoms with Crippen LogP contribution < -0.4 is 10.2 Å². The summed E-state index contributed by atoms with van der Waals surface area (Å²) in [4.78, 5) is 21.8. The molecule has 7 nitrogen and oxygen atoms in total. The van der Waals surface area contributed by atoms with Gasteiger partial charge in [0.2, 0.25) is 5.95 Å². The van der Waals surface area contributed by atoms with Crippen molar-refractivity contribution in [2.75, 3.05) is 25.0 Å². The van der Waals surface area contributed by atoms with Crippen molar-refractivity contribution in [3.8, 4) is 0 Å². The van der Waals surface area contributed by atoms with Crippen molar-refractivity contribution < 1.29 is 13.2 Å². The summed E-state index contributed by atoms with van der Waals surface area (Å²) >= 11 is 0.872. The van der Waals surface area contributed by atoms with Crippen LogP contribution in [0.25, 0.3) is 11.3 Å². The number of fused-ring (bicyclic) bond motifs is 1. The Morgan fingerprint density at radius 1 is 1.21 bits per heavy atom. The molecule has 0 radical (unpaired) electrons. The van der Waals surface area contributed by atoms with Gasteiger partial charge in [-0.05, 0) is 32.0 Å². The van der Waals surface area contributed by atoms with Gasteiger partial charge in [-0.1, -0.05) is 11.8 Å². The van der Waals surface area contributed by atoms with Crippen molar-refractivity contribution >= 4 is 29.0 Å². The normalized spacial score (nSPS) is 16.1. The lowest BCUT2D eigenvalue weighted by molar-refractivity contribution is -0.143. The van der Waals surface area contributed by atoms with E-state index in [1.165, 1.54) is 18.3 Å². The number of anilines is 1. The Morgan fingerprint density at radius 3 is 2.71 bits per heavy atom. The van der Waals surface area contributed by atoms with Gasteiger partial charge in [-0.2, -0.15) is 18.2 Å². The van der Waals surface area contributed by atoms with Gasteiger partial charge in [0.1, 0.15) is 5.03 Å². The molecule has 0 unspecified atom stereocenters. The van der Waals surface area contributed by atoms with E-state index in [9.17, 15) is 13.2 Å². The number of rotatable bonds is 4. The summed E-state index contributed by atoms with van der Waals surface area (Å²) in [5.41, 5.74) is -0.0393. The number of nitrogens with one attached hydrogen (secondary N) is 2. The second kappa shape index (κ2) is 7.55. The summed E-state index contributed by atoms with van der Waals surface area (Å²) in [6.45, 7) is 1.72. The molecule has 2 N–H and O–H groups in total. The molecule has 1 aliphatic rings. The van der Waals surface area contributed by atoms with E-state index in [1.807, 2.05) is 7.05 Å². The van der Waals surface area contributed by atoms with E-state index in [2.05, 4.69) is 35.1 Å². The molecule has 1 aliphatic heterocycles. The Morgan fingerprint density at radius 2 is 2.00 bits per heavy atom. The van der Waals surface area contributed by atoms with Crippen molar-refractivity contribution in [3.63, 3.8) is 0 Å². The van der Waals surface area contributed by atoms with Crippen molar-refractivity contribution in [1.29, 1.82) is 0 Å². The zero-order chi connectivity index (χ0) is 19.7. The number of piperidine rings is 1. The number of imidazole rings is 1. The van der Waals surface area contributed by atoms with Gasteiger partial charge in [-0.25, -0.2) is 9.97 Å². The molecule has 28 heavy (non-hydrogen) atoms. The van der Waals surface area contributed by atoms with Crippen LogP contribution in [0, 0.1) is 0 Å². The number of hydrogen-bond donors (Lipinski definition) is 2. The van der Waals surface area contributed by atoms with Crippen LogP contribution in [0.15, 0.2) is 34.4 Å². The molecule has 0 aromatic carbocycles. The van der Waals surface area contributed by atoms with E-state index in [1.54, 1.807) is 0 Å². The van der Waals surface area contributed by atoms with Crippen molar-refractivity contribution in [2.24, 2.45) is 0 Å². The number of H-pyrrole nitrogens is 1. The van der Waals surface area contributed by atoms with Crippen LogP contribution in [0.4, 0.5) is 19.1 Å². The minimum absolute atomic E-state index is 0.0199. The number of halogens is 3. The van der Waals surface area contributed by atoms with Crippen LogP contribution in [-0.4, -0.2) is 51.1 Å². The standard InChI is InChI=1S/C17H18F3N7S/c1-21-10-4-7-27(8-5-10)16-25-14-15(26-16)24-12(9-23-14)28-11-3-2-6-22-13(11)17(18,19)20/h2-3,6,9-10,21H,4-5,7-8H2,1H3,(H,23,24,25,26). The van der Waals surface area contributed by atoms with Gasteiger partial charge >= 0.3 is 6.18 Å². The zero-order valence-electron chi connectivity index (χ0n) is 15.0. The minimum atomic E-state index is -4.53. The molecule has 0 bridgehead atoms. The highest BCUT2D eigenvalue weighted by Gasteiger charge is 2.35. The predicted octanol–water partition coefficient (Wildman–Crippen LogP) is 3.11. The highest BCUT2D eigenvalue weighted by atomic mass is 32.2. The number of aromatic amines is 1. The molecule has 1 fully saturated rings. The van der Waals surface area contributed by atoms with Crippen LogP contribution in [0.1, 0.15) is 18.5 Å². The zero-order valence-corrected chi connectivity index (χ0v) is 15.8. The summed E-state index contributed by atoms with van der Waals surface area (Å²) in [7, 11) is 1.96. The van der Waals surface area contributed by atoms with Crippen LogP contribution >= 0.6 is 11.8 Å². The number of pyridine rings is 1. The number of alkyl halides is 3. The third-order valence-corrected chi connectivity index (χ3v) is 5.59. The topological polar surface area (TPSA) is 82.6 Å². The Kier molecular flexibility index (Phi) is 5.11.